The zero-order valence-corrected chi connectivity index (χ0v) is 12.8. The third-order valence-corrected chi connectivity index (χ3v) is 3.82. The first kappa shape index (κ1) is 15.8. The summed E-state index contributed by atoms with van der Waals surface area (Å²) < 4.78 is 0. The van der Waals surface area contributed by atoms with E-state index < -0.39 is 0 Å². The number of carbonyl (C=O) groups is 2. The van der Waals surface area contributed by atoms with Gasteiger partial charge in [-0.25, -0.2) is 0 Å². The highest BCUT2D eigenvalue weighted by atomic mass is 35.5. The Bertz CT molecular complexity index is 528. The standard InChI is InChI=1S/C15H20ClN3O2/c1-10(20)18-12-3-4-14(13(16)8-12)19-15(21)5-2-11-6-7-17-9-11/h3-4,8,11,17H,2,5-7,9H2,1H3,(H,18,20)(H,19,21). The zero-order valence-electron chi connectivity index (χ0n) is 12.0. The normalized spacial score (nSPS) is 17.5. The van der Waals surface area contributed by atoms with E-state index in [2.05, 4.69) is 16.0 Å². The molecule has 1 fully saturated rings. The average Bonchev–Trinajstić information content (AvgIpc) is 2.92. The van der Waals surface area contributed by atoms with E-state index in [0.29, 0.717) is 28.7 Å². The number of rotatable bonds is 5. The largest absolute Gasteiger partial charge is 0.326 e. The number of hydrogen-bond acceptors (Lipinski definition) is 3. The molecule has 1 aromatic carbocycles. The number of carbonyl (C=O) groups excluding carboxylic acids is 2. The Morgan fingerprint density at radius 1 is 1.38 bits per heavy atom. The molecule has 1 saturated heterocycles. The van der Waals surface area contributed by atoms with Gasteiger partial charge in [0.25, 0.3) is 0 Å². The molecule has 6 heteroatoms. The second-order valence-electron chi connectivity index (χ2n) is 5.32. The maximum atomic E-state index is 11.9. The third-order valence-electron chi connectivity index (χ3n) is 3.51. The minimum atomic E-state index is -0.159. The topological polar surface area (TPSA) is 70.2 Å². The average molecular weight is 310 g/mol. The molecule has 21 heavy (non-hydrogen) atoms. The molecule has 1 heterocycles. The number of benzene rings is 1. The van der Waals surface area contributed by atoms with Crippen molar-refractivity contribution in [3.63, 3.8) is 0 Å². The minimum absolute atomic E-state index is 0.0314. The molecule has 1 aliphatic heterocycles. The molecule has 2 amide bonds. The van der Waals surface area contributed by atoms with Gasteiger partial charge in [-0.3, -0.25) is 9.59 Å². The molecule has 0 bridgehead atoms. The fourth-order valence-corrected chi connectivity index (χ4v) is 2.63. The molecule has 0 saturated carbocycles. The molecule has 5 nitrogen and oxygen atoms in total. The molecule has 3 N–H and O–H groups in total. The van der Waals surface area contributed by atoms with Gasteiger partial charge in [-0.05, 0) is 50.0 Å². The van der Waals surface area contributed by atoms with E-state index in [0.717, 1.165) is 25.9 Å². The molecule has 1 aromatic rings. The van der Waals surface area contributed by atoms with Crippen LogP contribution in [0.4, 0.5) is 11.4 Å². The molecule has 1 unspecified atom stereocenters. The lowest BCUT2D eigenvalue weighted by atomic mass is 10.0. The summed E-state index contributed by atoms with van der Waals surface area (Å²) >= 11 is 6.11. The summed E-state index contributed by atoms with van der Waals surface area (Å²) in [7, 11) is 0. The van der Waals surface area contributed by atoms with E-state index in [1.807, 2.05) is 0 Å². The Balaban J connectivity index is 1.86. The Morgan fingerprint density at radius 3 is 2.81 bits per heavy atom. The Labute approximate surface area is 129 Å². The van der Waals surface area contributed by atoms with E-state index in [9.17, 15) is 9.59 Å². The summed E-state index contributed by atoms with van der Waals surface area (Å²) in [5.41, 5.74) is 1.18. The molecule has 1 aliphatic rings. The molecular weight excluding hydrogens is 290 g/mol. The van der Waals surface area contributed by atoms with E-state index in [1.54, 1.807) is 18.2 Å². The van der Waals surface area contributed by atoms with E-state index in [4.69, 9.17) is 11.6 Å². The maximum absolute atomic E-state index is 11.9. The van der Waals surface area contributed by atoms with Crippen LogP contribution in [0.3, 0.4) is 0 Å². The molecule has 114 valence electrons. The van der Waals surface area contributed by atoms with Crippen molar-refractivity contribution in [1.29, 1.82) is 0 Å². The fraction of sp³-hybridized carbons (Fsp3) is 0.467. The van der Waals surface area contributed by atoms with Gasteiger partial charge in [-0.15, -0.1) is 0 Å². The summed E-state index contributed by atoms with van der Waals surface area (Å²) in [6.45, 7) is 3.48. The monoisotopic (exact) mass is 309 g/mol. The van der Waals surface area contributed by atoms with Crippen LogP contribution in [0.1, 0.15) is 26.2 Å². The molecule has 1 atom stereocenters. The van der Waals surface area contributed by atoms with Crippen LogP contribution < -0.4 is 16.0 Å². The molecule has 2 rings (SSSR count). The Hall–Kier alpha value is -1.59. The lowest BCUT2D eigenvalue weighted by molar-refractivity contribution is -0.116. The van der Waals surface area contributed by atoms with Gasteiger partial charge in [0.05, 0.1) is 10.7 Å². The summed E-state index contributed by atoms with van der Waals surface area (Å²) in [6.07, 6.45) is 2.52. The van der Waals surface area contributed by atoms with Gasteiger partial charge < -0.3 is 16.0 Å². The van der Waals surface area contributed by atoms with Crippen LogP contribution in [0, 0.1) is 5.92 Å². The van der Waals surface area contributed by atoms with E-state index in [-0.39, 0.29) is 11.8 Å². The predicted octanol–water partition coefficient (Wildman–Crippen LogP) is 2.63. The predicted molar refractivity (Wildman–Crippen MR) is 84.6 cm³/mol. The highest BCUT2D eigenvalue weighted by Crippen LogP contribution is 2.26. The molecular formula is C15H20ClN3O2. The minimum Gasteiger partial charge on any atom is -0.326 e. The lowest BCUT2D eigenvalue weighted by Crippen LogP contribution is -2.15. The first-order valence-corrected chi connectivity index (χ1v) is 7.50. The van der Waals surface area contributed by atoms with Gasteiger partial charge >= 0.3 is 0 Å². The highest BCUT2D eigenvalue weighted by Gasteiger charge is 2.16. The molecule has 0 aliphatic carbocycles. The zero-order chi connectivity index (χ0) is 15.2. The summed E-state index contributed by atoms with van der Waals surface area (Å²) in [5.74, 6) is 0.400. The van der Waals surface area contributed by atoms with Crippen LogP contribution in [0.15, 0.2) is 18.2 Å². The van der Waals surface area contributed by atoms with Crippen LogP contribution in [0.25, 0.3) is 0 Å². The van der Waals surface area contributed by atoms with Crippen molar-refractivity contribution in [2.75, 3.05) is 23.7 Å². The third kappa shape index (κ3) is 5.02. The summed E-state index contributed by atoms with van der Waals surface area (Å²) in [4.78, 5) is 22.9. The fourth-order valence-electron chi connectivity index (χ4n) is 2.41. The van der Waals surface area contributed by atoms with E-state index >= 15 is 0 Å². The van der Waals surface area contributed by atoms with Crippen molar-refractivity contribution >= 4 is 34.8 Å². The maximum Gasteiger partial charge on any atom is 0.224 e. The first-order valence-electron chi connectivity index (χ1n) is 7.12. The van der Waals surface area contributed by atoms with Crippen molar-refractivity contribution < 1.29 is 9.59 Å². The van der Waals surface area contributed by atoms with Gasteiger partial charge in [0, 0.05) is 19.0 Å². The van der Waals surface area contributed by atoms with Crippen LogP contribution in [0.5, 0.6) is 0 Å². The molecule has 0 aromatic heterocycles. The highest BCUT2D eigenvalue weighted by molar-refractivity contribution is 6.34. The van der Waals surface area contributed by atoms with Crippen LogP contribution >= 0.6 is 11.6 Å². The first-order chi connectivity index (χ1) is 10.0. The Kier molecular flexibility index (Phi) is 5.59. The SMILES string of the molecule is CC(=O)Nc1ccc(NC(=O)CCC2CCNC2)c(Cl)c1. The number of nitrogens with one attached hydrogen (secondary N) is 3. The number of amides is 2. The van der Waals surface area contributed by atoms with Gasteiger partial charge in [0.1, 0.15) is 0 Å². The van der Waals surface area contributed by atoms with Crippen molar-refractivity contribution in [2.45, 2.75) is 26.2 Å². The van der Waals surface area contributed by atoms with Crippen molar-refractivity contribution in [3.05, 3.63) is 23.2 Å². The van der Waals surface area contributed by atoms with Crippen molar-refractivity contribution in [3.8, 4) is 0 Å². The second-order valence-corrected chi connectivity index (χ2v) is 5.73. The number of anilines is 2. The van der Waals surface area contributed by atoms with Crippen molar-refractivity contribution in [1.82, 2.24) is 5.32 Å². The summed E-state index contributed by atoms with van der Waals surface area (Å²) in [5, 5.41) is 9.16. The second kappa shape index (κ2) is 7.43. The van der Waals surface area contributed by atoms with E-state index in [1.165, 1.54) is 6.92 Å². The summed E-state index contributed by atoms with van der Waals surface area (Å²) in [6, 6.07) is 5.03. The lowest BCUT2D eigenvalue weighted by Gasteiger charge is -2.11. The van der Waals surface area contributed by atoms with Crippen LogP contribution in [-0.2, 0) is 9.59 Å². The smallest absolute Gasteiger partial charge is 0.224 e. The van der Waals surface area contributed by atoms with Gasteiger partial charge in [-0.1, -0.05) is 11.6 Å². The quantitative estimate of drug-likeness (QED) is 0.783. The number of hydrogen-bond donors (Lipinski definition) is 3. The van der Waals surface area contributed by atoms with Crippen LogP contribution in [0.2, 0.25) is 5.02 Å². The number of halogens is 1. The van der Waals surface area contributed by atoms with Crippen LogP contribution in [-0.4, -0.2) is 24.9 Å². The van der Waals surface area contributed by atoms with Gasteiger partial charge in [0.2, 0.25) is 11.8 Å². The van der Waals surface area contributed by atoms with Gasteiger partial charge in [-0.2, -0.15) is 0 Å². The van der Waals surface area contributed by atoms with Gasteiger partial charge in [0.15, 0.2) is 0 Å². The Morgan fingerprint density at radius 2 is 2.19 bits per heavy atom. The van der Waals surface area contributed by atoms with Crippen molar-refractivity contribution in [2.24, 2.45) is 5.92 Å². The molecule has 0 radical (unpaired) electrons. The molecule has 0 spiro atoms.